The fourth-order valence-corrected chi connectivity index (χ4v) is 3.11. The molecule has 2 atom stereocenters. The zero-order valence-electron chi connectivity index (χ0n) is 13.4. The van der Waals surface area contributed by atoms with E-state index in [2.05, 4.69) is 0 Å². The van der Waals surface area contributed by atoms with E-state index in [1.54, 1.807) is 24.3 Å². The Bertz CT molecular complexity index is 840. The first kappa shape index (κ1) is 15.4. The SMILES string of the molecule is O=C1C=C[C@@H]([C@@H](CC(=O)c2ccc3c(c2)OCO3)c2ccccc2)O1. The molecule has 4 rings (SSSR count). The Labute approximate surface area is 144 Å². The van der Waals surface area contributed by atoms with Crippen molar-refractivity contribution in [3.05, 3.63) is 71.8 Å². The van der Waals surface area contributed by atoms with E-state index in [-0.39, 0.29) is 30.9 Å². The molecular formula is C20H16O5. The van der Waals surface area contributed by atoms with Gasteiger partial charge in [-0.15, -0.1) is 0 Å². The van der Waals surface area contributed by atoms with Gasteiger partial charge in [-0.1, -0.05) is 30.3 Å². The zero-order chi connectivity index (χ0) is 17.2. The van der Waals surface area contributed by atoms with Crippen molar-refractivity contribution in [3.63, 3.8) is 0 Å². The number of cyclic esters (lactones) is 1. The summed E-state index contributed by atoms with van der Waals surface area (Å²) in [5.74, 6) is 0.574. The quantitative estimate of drug-likeness (QED) is 0.619. The van der Waals surface area contributed by atoms with Crippen molar-refractivity contribution in [3.8, 4) is 11.5 Å². The van der Waals surface area contributed by atoms with Crippen LogP contribution in [0.15, 0.2) is 60.7 Å². The number of carbonyl (C=O) groups is 2. The number of benzene rings is 2. The largest absolute Gasteiger partial charge is 0.454 e. The van der Waals surface area contributed by atoms with Crippen LogP contribution in [0.4, 0.5) is 0 Å². The molecule has 0 N–H and O–H groups in total. The van der Waals surface area contributed by atoms with Crippen molar-refractivity contribution in [1.29, 1.82) is 0 Å². The summed E-state index contributed by atoms with van der Waals surface area (Å²) in [6.07, 6.45) is 2.91. The molecule has 0 aliphatic carbocycles. The van der Waals surface area contributed by atoms with Gasteiger partial charge in [0.1, 0.15) is 6.10 Å². The minimum Gasteiger partial charge on any atom is -0.454 e. The van der Waals surface area contributed by atoms with E-state index < -0.39 is 6.10 Å². The monoisotopic (exact) mass is 336 g/mol. The first-order valence-electron chi connectivity index (χ1n) is 8.07. The van der Waals surface area contributed by atoms with Gasteiger partial charge in [0.05, 0.1) is 0 Å². The van der Waals surface area contributed by atoms with Gasteiger partial charge in [0.25, 0.3) is 0 Å². The van der Waals surface area contributed by atoms with E-state index in [0.717, 1.165) is 5.56 Å². The number of ether oxygens (including phenoxy) is 3. The zero-order valence-corrected chi connectivity index (χ0v) is 13.4. The van der Waals surface area contributed by atoms with Crippen LogP contribution in [-0.4, -0.2) is 24.6 Å². The van der Waals surface area contributed by atoms with E-state index in [9.17, 15) is 9.59 Å². The summed E-state index contributed by atoms with van der Waals surface area (Å²) in [5, 5.41) is 0. The Morgan fingerprint density at radius 3 is 2.64 bits per heavy atom. The molecule has 25 heavy (non-hydrogen) atoms. The van der Waals surface area contributed by atoms with Crippen LogP contribution in [0.3, 0.4) is 0 Å². The van der Waals surface area contributed by atoms with Crippen molar-refractivity contribution < 1.29 is 23.8 Å². The third kappa shape index (κ3) is 3.13. The minimum absolute atomic E-state index is 0.0384. The molecule has 0 saturated carbocycles. The molecular weight excluding hydrogens is 320 g/mol. The second-order valence-electron chi connectivity index (χ2n) is 5.97. The van der Waals surface area contributed by atoms with Gasteiger partial charge in [0.15, 0.2) is 17.3 Å². The van der Waals surface area contributed by atoms with Gasteiger partial charge in [-0.05, 0) is 29.8 Å². The molecule has 0 amide bonds. The van der Waals surface area contributed by atoms with Gasteiger partial charge < -0.3 is 14.2 Å². The van der Waals surface area contributed by atoms with E-state index in [0.29, 0.717) is 17.1 Å². The lowest BCUT2D eigenvalue weighted by atomic mass is 9.87. The summed E-state index contributed by atoms with van der Waals surface area (Å²) in [4.78, 5) is 24.3. The number of hydrogen-bond donors (Lipinski definition) is 0. The number of hydrogen-bond acceptors (Lipinski definition) is 5. The fraction of sp³-hybridized carbons (Fsp3) is 0.200. The second-order valence-corrected chi connectivity index (χ2v) is 5.97. The van der Waals surface area contributed by atoms with Crippen molar-refractivity contribution >= 4 is 11.8 Å². The molecule has 5 heteroatoms. The topological polar surface area (TPSA) is 61.8 Å². The van der Waals surface area contributed by atoms with Gasteiger partial charge in [0.2, 0.25) is 6.79 Å². The number of fused-ring (bicyclic) bond motifs is 1. The van der Waals surface area contributed by atoms with Crippen LogP contribution < -0.4 is 9.47 Å². The Hall–Kier alpha value is -3.08. The van der Waals surface area contributed by atoms with Crippen LogP contribution in [-0.2, 0) is 9.53 Å². The number of esters is 1. The molecule has 0 radical (unpaired) electrons. The Morgan fingerprint density at radius 1 is 1.08 bits per heavy atom. The molecule has 0 bridgehead atoms. The molecule has 0 unspecified atom stereocenters. The standard InChI is InChI=1S/C20H16O5/c21-16(14-6-7-18-19(10-14)24-12-23-18)11-15(13-4-2-1-3-5-13)17-8-9-20(22)25-17/h1-10,15,17H,11-12H2/t15-,17-/m0/s1. The average Bonchev–Trinajstić information content (AvgIpc) is 3.28. The third-order valence-electron chi connectivity index (χ3n) is 4.40. The van der Waals surface area contributed by atoms with E-state index in [1.807, 2.05) is 30.3 Å². The summed E-state index contributed by atoms with van der Waals surface area (Å²) in [7, 11) is 0. The van der Waals surface area contributed by atoms with E-state index >= 15 is 0 Å². The summed E-state index contributed by atoms with van der Waals surface area (Å²) in [5.41, 5.74) is 1.51. The number of carbonyl (C=O) groups excluding carboxylic acids is 2. The van der Waals surface area contributed by atoms with Gasteiger partial charge >= 0.3 is 5.97 Å². The van der Waals surface area contributed by atoms with E-state index in [4.69, 9.17) is 14.2 Å². The lowest BCUT2D eigenvalue weighted by Crippen LogP contribution is -2.21. The molecule has 0 fully saturated rings. The average molecular weight is 336 g/mol. The van der Waals surface area contributed by atoms with Crippen LogP contribution >= 0.6 is 0 Å². The number of Topliss-reactive ketones (excluding diaryl/α,β-unsaturated/α-hetero) is 1. The maximum Gasteiger partial charge on any atom is 0.331 e. The Balaban J connectivity index is 1.59. The highest BCUT2D eigenvalue weighted by molar-refractivity contribution is 5.97. The van der Waals surface area contributed by atoms with E-state index in [1.165, 1.54) is 6.08 Å². The minimum atomic E-state index is -0.437. The predicted octanol–water partition coefficient (Wildman–Crippen LogP) is 3.25. The Kier molecular flexibility index (Phi) is 3.98. The highest BCUT2D eigenvalue weighted by Gasteiger charge is 2.30. The number of ketones is 1. The molecule has 2 aromatic rings. The van der Waals surface area contributed by atoms with Crippen LogP contribution in [0.25, 0.3) is 0 Å². The smallest absolute Gasteiger partial charge is 0.331 e. The lowest BCUT2D eigenvalue weighted by Gasteiger charge is -2.22. The summed E-state index contributed by atoms with van der Waals surface area (Å²) in [6.45, 7) is 0.169. The summed E-state index contributed by atoms with van der Waals surface area (Å²) in [6, 6.07) is 14.8. The predicted molar refractivity (Wildman–Crippen MR) is 89.7 cm³/mol. The van der Waals surface area contributed by atoms with Crippen molar-refractivity contribution in [2.24, 2.45) is 0 Å². The van der Waals surface area contributed by atoms with Gasteiger partial charge in [-0.2, -0.15) is 0 Å². The first-order valence-corrected chi connectivity index (χ1v) is 8.07. The molecule has 5 nitrogen and oxygen atoms in total. The highest BCUT2D eigenvalue weighted by atomic mass is 16.7. The normalized spacial score (nSPS) is 18.9. The molecule has 0 spiro atoms. The van der Waals surface area contributed by atoms with Gasteiger partial charge in [-0.3, -0.25) is 4.79 Å². The van der Waals surface area contributed by atoms with Crippen LogP contribution in [0, 0.1) is 0 Å². The highest BCUT2D eigenvalue weighted by Crippen LogP contribution is 2.35. The van der Waals surface area contributed by atoms with Crippen molar-refractivity contribution in [2.75, 3.05) is 6.79 Å². The lowest BCUT2D eigenvalue weighted by molar-refractivity contribution is -0.139. The molecule has 0 saturated heterocycles. The molecule has 2 aliphatic heterocycles. The molecule has 2 aliphatic rings. The molecule has 126 valence electrons. The van der Waals surface area contributed by atoms with Gasteiger partial charge in [0, 0.05) is 24.0 Å². The number of rotatable bonds is 5. The first-order chi connectivity index (χ1) is 12.2. The second kappa shape index (κ2) is 6.43. The fourth-order valence-electron chi connectivity index (χ4n) is 3.11. The van der Waals surface area contributed by atoms with Crippen molar-refractivity contribution in [2.45, 2.75) is 18.4 Å². The molecule has 0 aromatic heterocycles. The maximum absolute atomic E-state index is 12.8. The maximum atomic E-state index is 12.8. The Morgan fingerprint density at radius 2 is 1.88 bits per heavy atom. The van der Waals surface area contributed by atoms with Gasteiger partial charge in [-0.25, -0.2) is 4.79 Å². The summed E-state index contributed by atoms with van der Waals surface area (Å²) < 4.78 is 16.0. The molecule has 2 heterocycles. The third-order valence-corrected chi connectivity index (χ3v) is 4.40. The van der Waals surface area contributed by atoms with Crippen LogP contribution in [0.5, 0.6) is 11.5 Å². The van der Waals surface area contributed by atoms with Crippen LogP contribution in [0.1, 0.15) is 28.3 Å². The molecule has 2 aromatic carbocycles. The van der Waals surface area contributed by atoms with Crippen LogP contribution in [0.2, 0.25) is 0 Å². The summed E-state index contributed by atoms with van der Waals surface area (Å²) >= 11 is 0. The van der Waals surface area contributed by atoms with Crippen molar-refractivity contribution in [1.82, 2.24) is 0 Å².